The quantitative estimate of drug-likeness (QED) is 0.532. The van der Waals surface area contributed by atoms with E-state index in [-0.39, 0.29) is 5.63 Å². The van der Waals surface area contributed by atoms with E-state index < -0.39 is 23.3 Å². The van der Waals surface area contributed by atoms with Gasteiger partial charge in [0.1, 0.15) is 0 Å². The fourth-order valence-corrected chi connectivity index (χ4v) is 4.59. The molecule has 1 heterocycles. The Morgan fingerprint density at radius 2 is 2.36 bits per heavy atom. The van der Waals surface area contributed by atoms with E-state index in [4.69, 9.17) is 12.7 Å². The normalized spacial score (nSPS) is 9.29. The van der Waals surface area contributed by atoms with Gasteiger partial charge in [-0.2, -0.15) is 0 Å². The number of halogens is 1. The van der Waals surface area contributed by atoms with Gasteiger partial charge < -0.3 is 0 Å². The zero-order valence-electron chi connectivity index (χ0n) is 7.71. The van der Waals surface area contributed by atoms with Gasteiger partial charge in [-0.15, -0.1) is 0 Å². The average Bonchev–Trinajstić information content (AvgIpc) is 2.19. The van der Waals surface area contributed by atoms with E-state index in [1.54, 1.807) is 12.1 Å². The first-order chi connectivity index (χ1) is 6.77. The summed E-state index contributed by atoms with van der Waals surface area (Å²) in [7, 11) is 5.87. The third kappa shape index (κ3) is 3.32. The van der Waals surface area contributed by atoms with Crippen molar-refractivity contribution in [3.63, 3.8) is 0 Å². The molecule has 1 aromatic heterocycles. The van der Waals surface area contributed by atoms with Gasteiger partial charge in [0.05, 0.1) is 0 Å². The molecule has 0 N–H and O–H groups in total. The maximum atomic E-state index is 10.9. The number of hydrogen-bond acceptors (Lipinski definition) is 2. The molecule has 0 saturated heterocycles. The van der Waals surface area contributed by atoms with E-state index in [1.807, 2.05) is 13.0 Å². The van der Waals surface area contributed by atoms with Gasteiger partial charge in [-0.25, -0.2) is 0 Å². The molecule has 0 aromatic carbocycles. The van der Waals surface area contributed by atoms with Crippen LogP contribution in [0.5, 0.6) is 0 Å². The van der Waals surface area contributed by atoms with Gasteiger partial charge >= 0.3 is 98.3 Å². The summed E-state index contributed by atoms with van der Waals surface area (Å²) in [5.74, 6) is 5.98. The first kappa shape index (κ1) is 11.5. The third-order valence-electron chi connectivity index (χ3n) is 1.49. The first-order valence-electron chi connectivity index (χ1n) is 4.09. The molecular formula is C10H7ClHgO2. The van der Waals surface area contributed by atoms with E-state index in [1.165, 1.54) is 6.07 Å². The van der Waals surface area contributed by atoms with E-state index in [9.17, 15) is 4.79 Å². The molecule has 0 amide bonds. The summed E-state index contributed by atoms with van der Waals surface area (Å²) >= 11 is -1.57. The minimum absolute atomic E-state index is 0.378. The summed E-state index contributed by atoms with van der Waals surface area (Å²) in [5.41, 5.74) is -0.378. The van der Waals surface area contributed by atoms with Crippen molar-refractivity contribution in [3.8, 4) is 11.8 Å². The van der Waals surface area contributed by atoms with Crippen molar-refractivity contribution in [3.05, 3.63) is 40.5 Å². The summed E-state index contributed by atoms with van der Waals surface area (Å²) in [4.78, 5) is 10.9. The number of rotatable bonds is 1. The van der Waals surface area contributed by atoms with Gasteiger partial charge in [0.15, 0.2) is 0 Å². The predicted octanol–water partition coefficient (Wildman–Crippen LogP) is 1.43. The maximum absolute atomic E-state index is 10.9. The van der Waals surface area contributed by atoms with Gasteiger partial charge in [0.2, 0.25) is 0 Å². The zero-order chi connectivity index (χ0) is 10.4. The van der Waals surface area contributed by atoms with Crippen molar-refractivity contribution in [1.29, 1.82) is 0 Å². The molecule has 0 unspecified atom stereocenters. The van der Waals surface area contributed by atoms with Crippen molar-refractivity contribution in [1.82, 2.24) is 0 Å². The Morgan fingerprint density at radius 3 is 3.00 bits per heavy atom. The Labute approximate surface area is 97.8 Å². The van der Waals surface area contributed by atoms with Crippen molar-refractivity contribution in [2.45, 2.75) is 6.92 Å². The van der Waals surface area contributed by atoms with Crippen LogP contribution >= 0.6 is 8.25 Å². The minimum atomic E-state index is -1.57. The van der Waals surface area contributed by atoms with Crippen LogP contribution in [0.3, 0.4) is 0 Å². The monoisotopic (exact) mass is 396 g/mol. The Hall–Kier alpha value is -0.525. The molecule has 0 saturated carbocycles. The van der Waals surface area contributed by atoms with Crippen molar-refractivity contribution in [2.24, 2.45) is 0 Å². The molecule has 0 radical (unpaired) electrons. The molecule has 0 atom stereocenters. The molecule has 68 valence electrons. The zero-order valence-corrected chi connectivity index (χ0v) is 14.0. The molecule has 0 aliphatic heterocycles. The Balaban J connectivity index is 3.13. The SMILES string of the molecule is CC=CC#Cc1oc(=O)cc[c]1[Hg][Cl]. The van der Waals surface area contributed by atoms with E-state index >= 15 is 0 Å². The van der Waals surface area contributed by atoms with Crippen molar-refractivity contribution in [2.75, 3.05) is 0 Å². The van der Waals surface area contributed by atoms with Crippen LogP contribution in [0.25, 0.3) is 0 Å². The average molecular weight is 395 g/mol. The molecular weight excluding hydrogens is 388 g/mol. The van der Waals surface area contributed by atoms with Crippen LogP contribution in [0.2, 0.25) is 0 Å². The molecule has 14 heavy (non-hydrogen) atoms. The number of hydrogen-bond donors (Lipinski definition) is 0. The van der Waals surface area contributed by atoms with E-state index in [0.717, 1.165) is 3.07 Å². The van der Waals surface area contributed by atoms with Crippen LogP contribution in [0.4, 0.5) is 0 Å². The predicted molar refractivity (Wildman–Crippen MR) is 52.2 cm³/mol. The molecule has 0 spiro atoms. The topological polar surface area (TPSA) is 30.2 Å². The summed E-state index contributed by atoms with van der Waals surface area (Å²) in [6, 6.07) is 3.11. The fourth-order valence-electron chi connectivity index (χ4n) is 0.846. The number of allylic oxidation sites excluding steroid dienone is 2. The summed E-state index contributed by atoms with van der Waals surface area (Å²) < 4.78 is 5.90. The second kappa shape index (κ2) is 6.05. The molecule has 2 nitrogen and oxygen atoms in total. The van der Waals surface area contributed by atoms with Gasteiger partial charge in [-0.1, -0.05) is 0 Å². The van der Waals surface area contributed by atoms with Gasteiger partial charge in [-0.05, 0) is 0 Å². The van der Waals surface area contributed by atoms with Gasteiger partial charge in [0, 0.05) is 0 Å². The molecule has 0 aliphatic rings. The fraction of sp³-hybridized carbons (Fsp3) is 0.100. The van der Waals surface area contributed by atoms with Crippen LogP contribution in [0.1, 0.15) is 12.7 Å². The van der Waals surface area contributed by atoms with Crippen molar-refractivity contribution >= 4 is 11.3 Å². The van der Waals surface area contributed by atoms with Crippen molar-refractivity contribution < 1.29 is 27.8 Å². The van der Waals surface area contributed by atoms with Crippen LogP contribution in [-0.4, -0.2) is 0 Å². The summed E-state index contributed by atoms with van der Waals surface area (Å²) in [5, 5.41) is 0. The van der Waals surface area contributed by atoms with Gasteiger partial charge in [0.25, 0.3) is 0 Å². The van der Waals surface area contributed by atoms with Gasteiger partial charge in [-0.3, -0.25) is 0 Å². The van der Waals surface area contributed by atoms with E-state index in [2.05, 4.69) is 11.8 Å². The standard InChI is InChI=1S/C10H7O2.ClH.Hg/c1-2-3-4-6-9-7-5-8-10(11)12-9;;/h2-3,5,8H,1H3;1H;/q;;+1/p-1. The third-order valence-corrected chi connectivity index (χ3v) is 7.31. The molecule has 4 heteroatoms. The molecule has 1 rings (SSSR count). The second-order valence-corrected chi connectivity index (χ2v) is 8.86. The Bertz CT molecular complexity index is 451. The Kier molecular flexibility index (Phi) is 4.99. The molecule has 0 fully saturated rings. The van der Waals surface area contributed by atoms with Crippen LogP contribution in [0.15, 0.2) is 33.5 Å². The molecule has 0 aliphatic carbocycles. The summed E-state index contributed by atoms with van der Waals surface area (Å²) in [6.07, 6.45) is 3.51. The Morgan fingerprint density at radius 1 is 1.57 bits per heavy atom. The van der Waals surface area contributed by atoms with Crippen LogP contribution in [0, 0.1) is 11.8 Å². The second-order valence-electron chi connectivity index (χ2n) is 2.51. The van der Waals surface area contributed by atoms with Crippen LogP contribution in [-0.2, 0) is 23.3 Å². The molecule has 1 aromatic rings. The summed E-state index contributed by atoms with van der Waals surface area (Å²) in [6.45, 7) is 1.87. The first-order valence-corrected chi connectivity index (χ1v) is 13.6. The molecule has 0 bridgehead atoms. The van der Waals surface area contributed by atoms with E-state index in [0.29, 0.717) is 5.76 Å². The van der Waals surface area contributed by atoms with Crippen LogP contribution < -0.4 is 8.70 Å².